The van der Waals surface area contributed by atoms with E-state index < -0.39 is 11.6 Å². The number of benzene rings is 1. The van der Waals surface area contributed by atoms with Crippen LogP contribution in [0.15, 0.2) is 30.6 Å². The van der Waals surface area contributed by atoms with Gasteiger partial charge in [0.25, 0.3) is 5.91 Å². The lowest BCUT2D eigenvalue weighted by molar-refractivity contribution is 0.0951. The zero-order valence-electron chi connectivity index (χ0n) is 13.3. The normalized spacial score (nSPS) is 15.5. The molecule has 2 heterocycles. The van der Waals surface area contributed by atoms with Crippen LogP contribution in [0.1, 0.15) is 29.6 Å². The Labute approximate surface area is 139 Å². The molecule has 1 saturated heterocycles. The second-order valence-electron chi connectivity index (χ2n) is 6.06. The largest absolute Gasteiger partial charge is 0.371 e. The molecule has 1 amide bonds. The summed E-state index contributed by atoms with van der Waals surface area (Å²) in [6.07, 6.45) is 5.92. The molecule has 2 aromatic rings. The molecule has 128 valence electrons. The lowest BCUT2D eigenvalue weighted by Crippen LogP contribution is -2.35. The van der Waals surface area contributed by atoms with Crippen molar-refractivity contribution < 1.29 is 13.6 Å². The molecule has 0 spiro atoms. The van der Waals surface area contributed by atoms with Crippen molar-refractivity contribution in [3.63, 3.8) is 0 Å². The smallest absolute Gasteiger partial charge is 0.254 e. The molecule has 2 N–H and O–H groups in total. The molecule has 0 aliphatic carbocycles. The van der Waals surface area contributed by atoms with Crippen LogP contribution in [0, 0.1) is 17.6 Å². The highest BCUT2D eigenvalue weighted by molar-refractivity contribution is 5.93. The van der Waals surface area contributed by atoms with Crippen molar-refractivity contribution in [3.8, 4) is 0 Å². The molecule has 1 aromatic carbocycles. The standard InChI is InChI=1S/C17H20F2N4O/c18-15-2-1-14(9-16(15)19)23-7-4-12(5-8-23)3-6-20-17(24)13-10-21-22-11-13/h1-2,9-12H,3-8H2,(H,20,24)(H,21,22). The third-order valence-corrected chi connectivity index (χ3v) is 4.48. The number of anilines is 1. The molecule has 0 atom stereocenters. The molecular formula is C17H20F2N4O. The summed E-state index contributed by atoms with van der Waals surface area (Å²) in [6, 6.07) is 4.03. The van der Waals surface area contributed by atoms with E-state index in [4.69, 9.17) is 0 Å². The van der Waals surface area contributed by atoms with Crippen LogP contribution in [-0.2, 0) is 0 Å². The van der Waals surface area contributed by atoms with E-state index in [-0.39, 0.29) is 5.91 Å². The number of carbonyl (C=O) groups excluding carboxylic acids is 1. The number of H-pyrrole nitrogens is 1. The fraction of sp³-hybridized carbons (Fsp3) is 0.412. The molecule has 24 heavy (non-hydrogen) atoms. The molecule has 0 saturated carbocycles. The molecule has 0 unspecified atom stereocenters. The third kappa shape index (κ3) is 3.90. The number of carbonyl (C=O) groups is 1. The number of hydrogen-bond acceptors (Lipinski definition) is 3. The Balaban J connectivity index is 1.42. The monoisotopic (exact) mass is 334 g/mol. The molecule has 0 bridgehead atoms. The minimum absolute atomic E-state index is 0.122. The van der Waals surface area contributed by atoms with E-state index in [1.807, 2.05) is 0 Å². The van der Waals surface area contributed by atoms with E-state index in [1.54, 1.807) is 12.3 Å². The maximum atomic E-state index is 13.3. The van der Waals surface area contributed by atoms with Crippen molar-refractivity contribution in [1.82, 2.24) is 15.5 Å². The van der Waals surface area contributed by atoms with E-state index in [0.29, 0.717) is 18.0 Å². The van der Waals surface area contributed by atoms with Gasteiger partial charge in [-0.3, -0.25) is 9.89 Å². The number of aromatic amines is 1. The van der Waals surface area contributed by atoms with E-state index >= 15 is 0 Å². The third-order valence-electron chi connectivity index (χ3n) is 4.48. The van der Waals surface area contributed by atoms with Gasteiger partial charge in [-0.2, -0.15) is 5.10 Å². The lowest BCUT2D eigenvalue weighted by Gasteiger charge is -2.33. The van der Waals surface area contributed by atoms with Crippen LogP contribution in [0.5, 0.6) is 0 Å². The van der Waals surface area contributed by atoms with Crippen LogP contribution in [0.2, 0.25) is 0 Å². The molecule has 0 radical (unpaired) electrons. The van der Waals surface area contributed by atoms with E-state index in [1.165, 1.54) is 18.3 Å². The first-order valence-corrected chi connectivity index (χ1v) is 8.10. The van der Waals surface area contributed by atoms with E-state index in [9.17, 15) is 13.6 Å². The fourth-order valence-corrected chi connectivity index (χ4v) is 3.03. The predicted octanol–water partition coefficient (Wildman–Crippen LogP) is 2.72. The maximum absolute atomic E-state index is 13.3. The van der Waals surface area contributed by atoms with Crippen LogP contribution < -0.4 is 10.2 Å². The van der Waals surface area contributed by atoms with Crippen molar-refractivity contribution in [2.45, 2.75) is 19.3 Å². The Morgan fingerprint density at radius 1 is 1.29 bits per heavy atom. The average molecular weight is 334 g/mol. The van der Waals surface area contributed by atoms with Gasteiger partial charge >= 0.3 is 0 Å². The second kappa shape index (κ2) is 7.42. The van der Waals surface area contributed by atoms with Crippen LogP contribution in [0.3, 0.4) is 0 Å². The summed E-state index contributed by atoms with van der Waals surface area (Å²) < 4.78 is 26.3. The first-order chi connectivity index (χ1) is 11.6. The Morgan fingerprint density at radius 3 is 2.75 bits per heavy atom. The van der Waals surface area contributed by atoms with Gasteiger partial charge < -0.3 is 10.2 Å². The fourth-order valence-electron chi connectivity index (χ4n) is 3.03. The number of nitrogens with one attached hydrogen (secondary N) is 2. The summed E-state index contributed by atoms with van der Waals surface area (Å²) in [7, 11) is 0. The van der Waals surface area contributed by atoms with Crippen molar-refractivity contribution in [1.29, 1.82) is 0 Å². The van der Waals surface area contributed by atoms with Crippen molar-refractivity contribution in [2.24, 2.45) is 5.92 Å². The molecule has 1 aromatic heterocycles. The van der Waals surface area contributed by atoms with E-state index in [0.717, 1.165) is 38.0 Å². The number of amides is 1. The summed E-state index contributed by atoms with van der Waals surface area (Å²) in [4.78, 5) is 13.9. The van der Waals surface area contributed by atoms with Crippen molar-refractivity contribution in [2.75, 3.05) is 24.5 Å². The summed E-state index contributed by atoms with van der Waals surface area (Å²) >= 11 is 0. The molecule has 7 heteroatoms. The number of aromatic nitrogens is 2. The van der Waals surface area contributed by atoms with Gasteiger partial charge in [0.05, 0.1) is 11.8 Å². The Kier molecular flexibility index (Phi) is 5.08. The highest BCUT2D eigenvalue weighted by atomic mass is 19.2. The maximum Gasteiger partial charge on any atom is 0.254 e. The van der Waals surface area contributed by atoms with E-state index in [2.05, 4.69) is 20.4 Å². The van der Waals surface area contributed by atoms with Gasteiger partial charge in [-0.15, -0.1) is 0 Å². The molecule has 1 aliphatic rings. The number of halogens is 2. The van der Waals surface area contributed by atoms with Gasteiger partial charge in [0, 0.05) is 37.6 Å². The topological polar surface area (TPSA) is 61.0 Å². The summed E-state index contributed by atoms with van der Waals surface area (Å²) in [5.41, 5.74) is 1.25. The first kappa shape index (κ1) is 16.4. The zero-order valence-corrected chi connectivity index (χ0v) is 13.3. The van der Waals surface area contributed by atoms with Gasteiger partial charge in [-0.25, -0.2) is 8.78 Å². The summed E-state index contributed by atoms with van der Waals surface area (Å²) in [5.74, 6) is -1.22. The van der Waals surface area contributed by atoms with Gasteiger partial charge in [0.1, 0.15) is 0 Å². The van der Waals surface area contributed by atoms with Crippen molar-refractivity contribution in [3.05, 3.63) is 47.8 Å². The molecule has 1 aliphatic heterocycles. The Morgan fingerprint density at radius 2 is 2.08 bits per heavy atom. The van der Waals surface area contributed by atoms with Crippen LogP contribution in [-0.4, -0.2) is 35.7 Å². The quantitative estimate of drug-likeness (QED) is 0.884. The Bertz CT molecular complexity index is 682. The highest BCUT2D eigenvalue weighted by Gasteiger charge is 2.20. The second-order valence-corrected chi connectivity index (χ2v) is 6.06. The number of nitrogens with zero attached hydrogens (tertiary/aromatic N) is 2. The lowest BCUT2D eigenvalue weighted by atomic mass is 9.93. The summed E-state index contributed by atoms with van der Waals surface area (Å²) in [5, 5.41) is 9.25. The van der Waals surface area contributed by atoms with Crippen LogP contribution in [0.25, 0.3) is 0 Å². The predicted molar refractivity (Wildman–Crippen MR) is 86.8 cm³/mol. The van der Waals surface area contributed by atoms with Gasteiger partial charge in [0.2, 0.25) is 0 Å². The molecule has 1 fully saturated rings. The number of piperidine rings is 1. The van der Waals surface area contributed by atoms with Crippen LogP contribution >= 0.6 is 0 Å². The number of rotatable bonds is 5. The van der Waals surface area contributed by atoms with Gasteiger partial charge in [0.15, 0.2) is 11.6 Å². The summed E-state index contributed by atoms with van der Waals surface area (Å²) in [6.45, 7) is 2.25. The molecule has 5 nitrogen and oxygen atoms in total. The first-order valence-electron chi connectivity index (χ1n) is 8.10. The SMILES string of the molecule is O=C(NCCC1CCN(c2ccc(F)c(F)c2)CC1)c1cn[nH]c1. The average Bonchev–Trinajstić information content (AvgIpc) is 3.13. The zero-order chi connectivity index (χ0) is 16.9. The minimum atomic E-state index is -0.818. The van der Waals surface area contributed by atoms with Gasteiger partial charge in [-0.05, 0) is 37.3 Å². The van der Waals surface area contributed by atoms with Gasteiger partial charge in [-0.1, -0.05) is 0 Å². The minimum Gasteiger partial charge on any atom is -0.371 e. The van der Waals surface area contributed by atoms with Crippen LogP contribution in [0.4, 0.5) is 14.5 Å². The molecule has 3 rings (SSSR count). The van der Waals surface area contributed by atoms with Crippen molar-refractivity contribution >= 4 is 11.6 Å². The Hall–Kier alpha value is -2.44. The number of hydrogen-bond donors (Lipinski definition) is 2. The molecular weight excluding hydrogens is 314 g/mol. The highest BCUT2D eigenvalue weighted by Crippen LogP contribution is 2.26.